The molecule has 0 radical (unpaired) electrons. The lowest BCUT2D eigenvalue weighted by Gasteiger charge is -2.18. The van der Waals surface area contributed by atoms with Gasteiger partial charge in [0, 0.05) is 11.1 Å². The van der Waals surface area contributed by atoms with Crippen LogP contribution in [0.5, 0.6) is 0 Å². The van der Waals surface area contributed by atoms with Crippen molar-refractivity contribution in [1.29, 1.82) is 0 Å². The van der Waals surface area contributed by atoms with Crippen LogP contribution in [0.4, 0.5) is 5.69 Å². The standard InChI is InChI=1S/C12H17N3/c1-4-12(2,3)11-14-9-6-5-8(13)7-10(9)15-11/h5-7H,4,13H2,1-3H3,(H,14,15). The molecule has 0 unspecified atom stereocenters. The maximum absolute atomic E-state index is 5.73. The Balaban J connectivity index is 2.56. The quantitative estimate of drug-likeness (QED) is 0.737. The van der Waals surface area contributed by atoms with Crippen LogP contribution in [-0.2, 0) is 5.41 Å². The van der Waals surface area contributed by atoms with Crippen LogP contribution < -0.4 is 5.73 Å². The first-order valence-corrected chi connectivity index (χ1v) is 5.28. The van der Waals surface area contributed by atoms with Gasteiger partial charge in [-0.2, -0.15) is 0 Å². The number of nitrogens with zero attached hydrogens (tertiary/aromatic N) is 1. The summed E-state index contributed by atoms with van der Waals surface area (Å²) < 4.78 is 0. The van der Waals surface area contributed by atoms with E-state index < -0.39 is 0 Å². The molecule has 1 aromatic carbocycles. The fourth-order valence-electron chi connectivity index (χ4n) is 1.52. The first kappa shape index (κ1) is 10.0. The van der Waals surface area contributed by atoms with Crippen LogP contribution in [-0.4, -0.2) is 9.97 Å². The van der Waals surface area contributed by atoms with Gasteiger partial charge in [0.25, 0.3) is 0 Å². The van der Waals surface area contributed by atoms with Gasteiger partial charge < -0.3 is 10.7 Å². The number of anilines is 1. The Kier molecular flexibility index (Phi) is 2.18. The van der Waals surface area contributed by atoms with Gasteiger partial charge >= 0.3 is 0 Å². The molecule has 1 aromatic heterocycles. The Bertz CT molecular complexity index is 483. The number of nitrogens with one attached hydrogen (secondary N) is 1. The minimum absolute atomic E-state index is 0.0911. The first-order valence-electron chi connectivity index (χ1n) is 5.28. The molecule has 0 spiro atoms. The highest BCUT2D eigenvalue weighted by atomic mass is 14.9. The fraction of sp³-hybridized carbons (Fsp3) is 0.417. The molecule has 0 aliphatic heterocycles. The van der Waals surface area contributed by atoms with E-state index in [-0.39, 0.29) is 5.41 Å². The zero-order valence-electron chi connectivity index (χ0n) is 9.46. The van der Waals surface area contributed by atoms with Crippen LogP contribution in [0.15, 0.2) is 18.2 Å². The molecule has 0 fully saturated rings. The molecular formula is C12H17N3. The molecule has 0 saturated carbocycles. The number of benzene rings is 1. The van der Waals surface area contributed by atoms with E-state index in [1.807, 2.05) is 18.2 Å². The van der Waals surface area contributed by atoms with Crippen molar-refractivity contribution in [3.63, 3.8) is 0 Å². The molecule has 0 amide bonds. The second-order valence-corrected chi connectivity index (χ2v) is 4.60. The number of hydrogen-bond donors (Lipinski definition) is 2. The van der Waals surface area contributed by atoms with E-state index in [4.69, 9.17) is 5.73 Å². The summed E-state index contributed by atoms with van der Waals surface area (Å²) in [5, 5.41) is 0. The topological polar surface area (TPSA) is 54.7 Å². The second-order valence-electron chi connectivity index (χ2n) is 4.60. The summed E-state index contributed by atoms with van der Waals surface area (Å²) in [6, 6.07) is 5.76. The van der Waals surface area contributed by atoms with Crippen LogP contribution >= 0.6 is 0 Å². The van der Waals surface area contributed by atoms with Crippen molar-refractivity contribution < 1.29 is 0 Å². The molecule has 3 heteroatoms. The lowest BCUT2D eigenvalue weighted by molar-refractivity contribution is 0.479. The van der Waals surface area contributed by atoms with E-state index >= 15 is 0 Å². The zero-order chi connectivity index (χ0) is 11.1. The molecule has 0 saturated heterocycles. The third-order valence-electron chi connectivity index (χ3n) is 3.03. The molecule has 0 aliphatic carbocycles. The van der Waals surface area contributed by atoms with Gasteiger partial charge in [-0.15, -0.1) is 0 Å². The Labute approximate surface area is 89.7 Å². The van der Waals surface area contributed by atoms with Gasteiger partial charge in [-0.3, -0.25) is 0 Å². The molecule has 80 valence electrons. The highest BCUT2D eigenvalue weighted by Gasteiger charge is 2.21. The van der Waals surface area contributed by atoms with Crippen molar-refractivity contribution in [3.05, 3.63) is 24.0 Å². The molecule has 0 atom stereocenters. The number of fused-ring (bicyclic) bond motifs is 1. The summed E-state index contributed by atoms with van der Waals surface area (Å²) in [5.41, 5.74) is 8.60. The number of H-pyrrole nitrogens is 1. The zero-order valence-corrected chi connectivity index (χ0v) is 9.46. The van der Waals surface area contributed by atoms with Crippen LogP contribution in [0.1, 0.15) is 33.0 Å². The predicted octanol–water partition coefficient (Wildman–Crippen LogP) is 2.83. The lowest BCUT2D eigenvalue weighted by atomic mass is 9.90. The molecule has 1 heterocycles. The fourth-order valence-corrected chi connectivity index (χ4v) is 1.52. The second kappa shape index (κ2) is 3.26. The number of imidazole rings is 1. The molecule has 15 heavy (non-hydrogen) atoms. The van der Waals surface area contributed by atoms with Gasteiger partial charge in [0.15, 0.2) is 0 Å². The minimum Gasteiger partial charge on any atom is -0.399 e. The molecule has 0 bridgehead atoms. The third-order valence-corrected chi connectivity index (χ3v) is 3.03. The van der Waals surface area contributed by atoms with Crippen molar-refractivity contribution in [3.8, 4) is 0 Å². The molecule has 0 aliphatic rings. The summed E-state index contributed by atoms with van der Waals surface area (Å²) >= 11 is 0. The molecule has 2 aromatic rings. The molecule has 2 rings (SSSR count). The summed E-state index contributed by atoms with van der Waals surface area (Å²) in [6.45, 7) is 6.55. The van der Waals surface area contributed by atoms with Gasteiger partial charge in [0.2, 0.25) is 0 Å². The van der Waals surface area contributed by atoms with Gasteiger partial charge in [0.1, 0.15) is 5.82 Å². The van der Waals surface area contributed by atoms with Crippen LogP contribution in [0, 0.1) is 0 Å². The van der Waals surface area contributed by atoms with Crippen molar-refractivity contribution in [2.45, 2.75) is 32.6 Å². The average molecular weight is 203 g/mol. The Morgan fingerprint density at radius 1 is 1.40 bits per heavy atom. The van der Waals surface area contributed by atoms with Crippen LogP contribution in [0.25, 0.3) is 11.0 Å². The van der Waals surface area contributed by atoms with Crippen LogP contribution in [0.2, 0.25) is 0 Å². The summed E-state index contributed by atoms with van der Waals surface area (Å²) in [7, 11) is 0. The summed E-state index contributed by atoms with van der Waals surface area (Å²) in [4.78, 5) is 7.92. The first-order chi connectivity index (χ1) is 7.03. The Hall–Kier alpha value is -1.51. The molecule has 3 nitrogen and oxygen atoms in total. The maximum Gasteiger partial charge on any atom is 0.112 e. The third kappa shape index (κ3) is 1.69. The van der Waals surface area contributed by atoms with Crippen molar-refractivity contribution in [2.24, 2.45) is 0 Å². The van der Waals surface area contributed by atoms with E-state index in [9.17, 15) is 0 Å². The monoisotopic (exact) mass is 203 g/mol. The van der Waals surface area contributed by atoms with E-state index in [2.05, 4.69) is 30.7 Å². The van der Waals surface area contributed by atoms with Crippen molar-refractivity contribution >= 4 is 16.7 Å². The number of aromatic nitrogens is 2. The van der Waals surface area contributed by atoms with E-state index in [1.165, 1.54) is 0 Å². The number of rotatable bonds is 2. The molecular weight excluding hydrogens is 186 g/mol. The highest BCUT2D eigenvalue weighted by molar-refractivity contribution is 5.78. The normalized spacial score (nSPS) is 12.2. The minimum atomic E-state index is 0.0911. The number of hydrogen-bond acceptors (Lipinski definition) is 2. The van der Waals surface area contributed by atoms with Gasteiger partial charge in [-0.25, -0.2) is 4.98 Å². The van der Waals surface area contributed by atoms with Crippen molar-refractivity contribution in [2.75, 3.05) is 5.73 Å². The number of aromatic amines is 1. The van der Waals surface area contributed by atoms with E-state index in [0.29, 0.717) is 0 Å². The molecule has 3 N–H and O–H groups in total. The maximum atomic E-state index is 5.73. The summed E-state index contributed by atoms with van der Waals surface area (Å²) in [5.74, 6) is 1.03. The lowest BCUT2D eigenvalue weighted by Crippen LogP contribution is -2.17. The number of nitrogen functional groups attached to an aromatic ring is 1. The van der Waals surface area contributed by atoms with Gasteiger partial charge in [-0.1, -0.05) is 20.8 Å². The SMILES string of the molecule is CCC(C)(C)c1nc2ccc(N)cc2[nH]1. The Morgan fingerprint density at radius 2 is 2.13 bits per heavy atom. The average Bonchev–Trinajstić information content (AvgIpc) is 2.61. The predicted molar refractivity (Wildman–Crippen MR) is 63.8 cm³/mol. The van der Waals surface area contributed by atoms with E-state index in [1.54, 1.807) is 0 Å². The van der Waals surface area contributed by atoms with Crippen molar-refractivity contribution in [1.82, 2.24) is 9.97 Å². The van der Waals surface area contributed by atoms with E-state index in [0.717, 1.165) is 29.0 Å². The van der Waals surface area contributed by atoms with Gasteiger partial charge in [0.05, 0.1) is 11.0 Å². The van der Waals surface area contributed by atoms with Gasteiger partial charge in [-0.05, 0) is 24.6 Å². The largest absolute Gasteiger partial charge is 0.399 e. The van der Waals surface area contributed by atoms with Crippen LogP contribution in [0.3, 0.4) is 0 Å². The highest BCUT2D eigenvalue weighted by Crippen LogP contribution is 2.26. The number of nitrogens with two attached hydrogens (primary N) is 1. The summed E-state index contributed by atoms with van der Waals surface area (Å²) in [6.07, 6.45) is 1.06. The Morgan fingerprint density at radius 3 is 2.80 bits per heavy atom. The smallest absolute Gasteiger partial charge is 0.112 e.